The van der Waals surface area contributed by atoms with Gasteiger partial charge in [-0.05, 0) is 12.3 Å². The number of rotatable bonds is 4. The van der Waals surface area contributed by atoms with Gasteiger partial charge in [-0.25, -0.2) is 0 Å². The van der Waals surface area contributed by atoms with Crippen LogP contribution in [0.4, 0.5) is 5.69 Å². The molecule has 1 aromatic rings. The molecule has 0 fully saturated rings. The smallest absolute Gasteiger partial charge is 0.223 e. The Morgan fingerprint density at radius 1 is 1.24 bits per heavy atom. The van der Waals surface area contributed by atoms with Gasteiger partial charge in [0.15, 0.2) is 0 Å². The van der Waals surface area contributed by atoms with Gasteiger partial charge in [0, 0.05) is 20.0 Å². The maximum Gasteiger partial charge on any atom is 0.223 e. The number of benzene rings is 1. The van der Waals surface area contributed by atoms with Crippen molar-refractivity contribution in [3.8, 4) is 11.5 Å². The second kappa shape index (κ2) is 5.82. The molecular formula is C12H17NO3S. The molecule has 0 radical (unpaired) electrons. The highest BCUT2D eigenvalue weighted by molar-refractivity contribution is 7.98. The number of anilines is 1. The molecule has 4 nitrogen and oxygen atoms in total. The van der Waals surface area contributed by atoms with Crippen LogP contribution in [0.5, 0.6) is 11.5 Å². The van der Waals surface area contributed by atoms with Crippen LogP contribution in [-0.2, 0) is 4.79 Å². The minimum absolute atomic E-state index is 0.0535. The van der Waals surface area contributed by atoms with E-state index >= 15 is 0 Å². The minimum Gasteiger partial charge on any atom is -0.496 e. The largest absolute Gasteiger partial charge is 0.496 e. The molecule has 1 rings (SSSR count). The number of carbonyl (C=O) groups is 1. The van der Waals surface area contributed by atoms with Crippen molar-refractivity contribution < 1.29 is 14.3 Å². The summed E-state index contributed by atoms with van der Waals surface area (Å²) in [5, 5.41) is 0. The summed E-state index contributed by atoms with van der Waals surface area (Å²) in [5.74, 6) is 1.34. The molecule has 0 saturated heterocycles. The average molecular weight is 255 g/mol. The predicted molar refractivity (Wildman–Crippen MR) is 70.4 cm³/mol. The number of nitrogens with zero attached hydrogens (tertiary/aromatic N) is 1. The molecule has 17 heavy (non-hydrogen) atoms. The number of ether oxygens (including phenoxy) is 2. The summed E-state index contributed by atoms with van der Waals surface area (Å²) in [5.41, 5.74) is 0.703. The first kappa shape index (κ1) is 13.7. The van der Waals surface area contributed by atoms with Crippen LogP contribution >= 0.6 is 11.8 Å². The third kappa shape index (κ3) is 2.85. The lowest BCUT2D eigenvalue weighted by atomic mass is 10.2. The normalized spacial score (nSPS) is 9.94. The number of methoxy groups -OCH3 is 2. The van der Waals surface area contributed by atoms with Crippen LogP contribution in [-0.4, -0.2) is 33.4 Å². The molecule has 0 spiro atoms. The second-order valence-corrected chi connectivity index (χ2v) is 4.31. The third-order valence-corrected chi connectivity index (χ3v) is 3.28. The number of amides is 1. The minimum atomic E-state index is -0.0535. The highest BCUT2D eigenvalue weighted by Crippen LogP contribution is 2.38. The Hall–Kier alpha value is -1.36. The Balaban J connectivity index is 3.33. The van der Waals surface area contributed by atoms with Gasteiger partial charge >= 0.3 is 0 Å². The first-order chi connectivity index (χ1) is 8.04. The molecule has 1 amide bonds. The monoisotopic (exact) mass is 255 g/mol. The summed E-state index contributed by atoms with van der Waals surface area (Å²) in [6.07, 6.45) is 1.96. The molecule has 0 aliphatic rings. The number of hydrogen-bond acceptors (Lipinski definition) is 4. The summed E-state index contributed by atoms with van der Waals surface area (Å²) in [6.45, 7) is 1.51. The van der Waals surface area contributed by atoms with Crippen LogP contribution in [0.1, 0.15) is 6.92 Å². The Kier molecular flexibility index (Phi) is 4.69. The van der Waals surface area contributed by atoms with Gasteiger partial charge in [0.2, 0.25) is 5.91 Å². The fourth-order valence-electron chi connectivity index (χ4n) is 1.44. The zero-order chi connectivity index (χ0) is 13.0. The standard InChI is InChI=1S/C12H17NO3S/c1-8(14)13(2)9-6-11(16-4)12(17-5)7-10(9)15-3/h6-7H,1-5H3. The van der Waals surface area contributed by atoms with Crippen molar-refractivity contribution in [1.29, 1.82) is 0 Å². The fourth-order valence-corrected chi connectivity index (χ4v) is 2.01. The lowest BCUT2D eigenvalue weighted by Gasteiger charge is -2.20. The quantitative estimate of drug-likeness (QED) is 0.774. The van der Waals surface area contributed by atoms with E-state index in [0.717, 1.165) is 10.6 Å². The molecule has 0 aliphatic carbocycles. The number of carbonyl (C=O) groups excluding carboxylic acids is 1. The Bertz CT molecular complexity index is 420. The number of hydrogen-bond donors (Lipinski definition) is 0. The van der Waals surface area contributed by atoms with Crippen molar-refractivity contribution in [2.45, 2.75) is 11.8 Å². The Labute approximate surface area is 106 Å². The van der Waals surface area contributed by atoms with Crippen LogP contribution < -0.4 is 14.4 Å². The van der Waals surface area contributed by atoms with Crippen molar-refractivity contribution in [1.82, 2.24) is 0 Å². The molecular weight excluding hydrogens is 238 g/mol. The van der Waals surface area contributed by atoms with Gasteiger partial charge in [-0.2, -0.15) is 0 Å². The van der Waals surface area contributed by atoms with Crippen LogP contribution in [0, 0.1) is 0 Å². The zero-order valence-electron chi connectivity index (χ0n) is 10.7. The van der Waals surface area contributed by atoms with Gasteiger partial charge in [0.25, 0.3) is 0 Å². The predicted octanol–water partition coefficient (Wildman–Crippen LogP) is 2.41. The highest BCUT2D eigenvalue weighted by atomic mass is 32.2. The van der Waals surface area contributed by atoms with E-state index in [0.29, 0.717) is 11.4 Å². The topological polar surface area (TPSA) is 38.8 Å². The lowest BCUT2D eigenvalue weighted by molar-refractivity contribution is -0.116. The highest BCUT2D eigenvalue weighted by Gasteiger charge is 2.16. The van der Waals surface area contributed by atoms with E-state index in [4.69, 9.17) is 9.47 Å². The molecule has 0 aliphatic heterocycles. The van der Waals surface area contributed by atoms with Crippen molar-refractivity contribution in [2.75, 3.05) is 32.4 Å². The Morgan fingerprint density at radius 3 is 2.24 bits per heavy atom. The van der Waals surface area contributed by atoms with E-state index in [1.54, 1.807) is 33.0 Å². The van der Waals surface area contributed by atoms with Gasteiger partial charge in [-0.1, -0.05) is 0 Å². The summed E-state index contributed by atoms with van der Waals surface area (Å²) in [6, 6.07) is 3.68. The van der Waals surface area contributed by atoms with E-state index in [1.165, 1.54) is 11.8 Å². The summed E-state index contributed by atoms with van der Waals surface area (Å²) < 4.78 is 10.6. The van der Waals surface area contributed by atoms with E-state index < -0.39 is 0 Å². The molecule has 0 heterocycles. The Morgan fingerprint density at radius 2 is 1.82 bits per heavy atom. The molecule has 0 N–H and O–H groups in total. The first-order valence-corrected chi connectivity index (χ1v) is 6.32. The van der Waals surface area contributed by atoms with Crippen molar-refractivity contribution in [3.05, 3.63) is 12.1 Å². The van der Waals surface area contributed by atoms with E-state index in [-0.39, 0.29) is 5.91 Å². The van der Waals surface area contributed by atoms with Crippen molar-refractivity contribution >= 4 is 23.4 Å². The van der Waals surface area contributed by atoms with Gasteiger partial charge < -0.3 is 14.4 Å². The lowest BCUT2D eigenvalue weighted by Crippen LogP contribution is -2.23. The molecule has 1 aromatic carbocycles. The van der Waals surface area contributed by atoms with Crippen LogP contribution in [0.25, 0.3) is 0 Å². The van der Waals surface area contributed by atoms with Crippen molar-refractivity contribution in [3.63, 3.8) is 0 Å². The summed E-state index contributed by atoms with van der Waals surface area (Å²) in [7, 11) is 4.90. The van der Waals surface area contributed by atoms with E-state index in [2.05, 4.69) is 0 Å². The van der Waals surface area contributed by atoms with Crippen LogP contribution in [0.2, 0.25) is 0 Å². The molecule has 94 valence electrons. The van der Waals surface area contributed by atoms with E-state index in [1.807, 2.05) is 18.4 Å². The summed E-state index contributed by atoms with van der Waals surface area (Å²) >= 11 is 1.57. The maximum absolute atomic E-state index is 11.4. The fraction of sp³-hybridized carbons (Fsp3) is 0.417. The van der Waals surface area contributed by atoms with Crippen LogP contribution in [0.3, 0.4) is 0 Å². The molecule has 0 bridgehead atoms. The molecule has 0 unspecified atom stereocenters. The van der Waals surface area contributed by atoms with E-state index in [9.17, 15) is 4.79 Å². The van der Waals surface area contributed by atoms with Gasteiger partial charge in [0.05, 0.1) is 24.8 Å². The maximum atomic E-state index is 11.4. The molecule has 0 saturated carbocycles. The zero-order valence-corrected chi connectivity index (χ0v) is 11.6. The average Bonchev–Trinajstić information content (AvgIpc) is 2.35. The molecule has 0 atom stereocenters. The second-order valence-electron chi connectivity index (χ2n) is 3.46. The van der Waals surface area contributed by atoms with Gasteiger partial charge in [-0.15, -0.1) is 11.8 Å². The molecule has 5 heteroatoms. The third-order valence-electron chi connectivity index (χ3n) is 2.52. The number of thioether (sulfide) groups is 1. The molecule has 0 aromatic heterocycles. The van der Waals surface area contributed by atoms with Gasteiger partial charge in [0.1, 0.15) is 11.5 Å². The summed E-state index contributed by atoms with van der Waals surface area (Å²) in [4.78, 5) is 13.9. The first-order valence-electron chi connectivity index (χ1n) is 5.09. The van der Waals surface area contributed by atoms with Crippen LogP contribution in [0.15, 0.2) is 17.0 Å². The van der Waals surface area contributed by atoms with Crippen molar-refractivity contribution in [2.24, 2.45) is 0 Å². The van der Waals surface area contributed by atoms with Gasteiger partial charge in [-0.3, -0.25) is 4.79 Å². The SMILES string of the molecule is COc1cc(N(C)C(C)=O)c(OC)cc1SC.